The highest BCUT2D eigenvalue weighted by Gasteiger charge is 2.38. The first-order valence-electron chi connectivity index (χ1n) is 19.8. The van der Waals surface area contributed by atoms with Crippen molar-refractivity contribution in [1.29, 1.82) is 0 Å². The van der Waals surface area contributed by atoms with Crippen molar-refractivity contribution in [3.05, 3.63) is 23.8 Å². The van der Waals surface area contributed by atoms with Crippen molar-refractivity contribution in [2.75, 3.05) is 13.2 Å². The van der Waals surface area contributed by atoms with Crippen LogP contribution in [-0.2, 0) is 9.53 Å². The summed E-state index contributed by atoms with van der Waals surface area (Å²) in [5.41, 5.74) is 2.39. The van der Waals surface area contributed by atoms with E-state index in [1.165, 1.54) is 161 Å². The molecule has 2 unspecified atom stereocenters. The van der Waals surface area contributed by atoms with Gasteiger partial charge in [-0.2, -0.15) is 0 Å². The van der Waals surface area contributed by atoms with E-state index < -0.39 is 0 Å². The van der Waals surface area contributed by atoms with Crippen molar-refractivity contribution < 1.29 is 9.53 Å². The molecule has 2 atom stereocenters. The Bertz CT molecular complexity index is 578. The summed E-state index contributed by atoms with van der Waals surface area (Å²) in [6.07, 6.45) is 41.6. The fraction of sp³-hybridized carbons (Fsp3) is 0.881. The first-order valence-corrected chi connectivity index (χ1v) is 19.8. The second kappa shape index (κ2) is 40.1. The van der Waals surface area contributed by atoms with Gasteiger partial charge in [0.1, 0.15) is 6.79 Å². The maximum atomic E-state index is 8.00. The highest BCUT2D eigenvalue weighted by atomic mass is 16.5. The van der Waals surface area contributed by atoms with E-state index in [9.17, 15) is 0 Å². The molecule has 0 saturated heterocycles. The van der Waals surface area contributed by atoms with Crippen molar-refractivity contribution in [3.63, 3.8) is 0 Å². The number of carbonyl (C=O) groups excluding carboxylic acids is 1. The molecule has 264 valence electrons. The minimum atomic E-state index is 0.662. The lowest BCUT2D eigenvalue weighted by Crippen LogP contribution is -2.22. The summed E-state index contributed by atoms with van der Waals surface area (Å²) in [6.45, 7) is 21.3. The van der Waals surface area contributed by atoms with Crippen LogP contribution in [0.15, 0.2) is 23.8 Å². The predicted molar refractivity (Wildman–Crippen MR) is 202 cm³/mol. The van der Waals surface area contributed by atoms with Crippen LogP contribution in [-0.4, -0.2) is 20.0 Å². The first kappa shape index (κ1) is 47.5. The van der Waals surface area contributed by atoms with Gasteiger partial charge in [-0.15, -0.1) is 0 Å². The van der Waals surface area contributed by atoms with Gasteiger partial charge in [-0.1, -0.05) is 156 Å². The molecule has 0 bridgehead atoms. The number of allylic oxidation sites excluding steroid dienone is 4. The molecule has 2 rings (SSSR count). The van der Waals surface area contributed by atoms with E-state index in [1.54, 1.807) is 5.57 Å². The van der Waals surface area contributed by atoms with Gasteiger partial charge in [-0.05, 0) is 94.8 Å². The van der Waals surface area contributed by atoms with E-state index in [-0.39, 0.29) is 0 Å². The maximum Gasteiger partial charge on any atom is 0.106 e. The molecule has 0 aromatic carbocycles. The minimum absolute atomic E-state index is 0.662. The molecule has 44 heavy (non-hydrogen) atoms. The average Bonchev–Trinajstić information content (AvgIpc) is 3.39. The van der Waals surface area contributed by atoms with Crippen molar-refractivity contribution in [2.45, 2.75) is 216 Å². The van der Waals surface area contributed by atoms with Gasteiger partial charge in [0.25, 0.3) is 0 Å². The number of unbranched alkanes of at least 4 members (excludes halogenated alkanes) is 12. The largest absolute Gasteiger partial charge is 0.381 e. The molecule has 1 fully saturated rings. The van der Waals surface area contributed by atoms with Crippen LogP contribution < -0.4 is 0 Å². The van der Waals surface area contributed by atoms with Gasteiger partial charge in [0.2, 0.25) is 0 Å². The Labute approximate surface area is 280 Å². The highest BCUT2D eigenvalue weighted by Crippen LogP contribution is 2.50. The minimum Gasteiger partial charge on any atom is -0.381 e. The fourth-order valence-electron chi connectivity index (χ4n) is 6.38. The normalized spacial score (nSPS) is 20.1. The summed E-state index contributed by atoms with van der Waals surface area (Å²) in [5, 5.41) is 0. The zero-order valence-corrected chi connectivity index (χ0v) is 31.9. The topological polar surface area (TPSA) is 26.3 Å². The highest BCUT2D eigenvalue weighted by molar-refractivity contribution is 5.11. The van der Waals surface area contributed by atoms with Gasteiger partial charge < -0.3 is 9.53 Å². The third-order valence-corrected chi connectivity index (χ3v) is 8.84. The number of fused-ring (bicyclic) bond motifs is 1. The summed E-state index contributed by atoms with van der Waals surface area (Å²) in [5.74, 6) is 0.999. The lowest BCUT2D eigenvalue weighted by molar-refractivity contribution is -0.0980. The molecular formula is C42H84O2. The van der Waals surface area contributed by atoms with Crippen molar-refractivity contribution in [3.8, 4) is 0 Å². The summed E-state index contributed by atoms with van der Waals surface area (Å²) in [4.78, 5) is 8.00. The molecule has 0 heterocycles. The third-order valence-electron chi connectivity index (χ3n) is 8.84. The Balaban J connectivity index is -0.00000149. The standard InChI is InChI=1S/C33H60O.2C3H8.C2H6.CH2O/c1-3-4-5-6-7-8-9-10-11-12-13-14-15-16-17-18-29-34-30-21-23-31-22-19-27-33(2)28-20-24-32(33)26-25-31;2*1-3-2;2*1-2/h10-11,22,32H,3-9,12-21,23-30H2,1-2H3;2*3H2,1-2H3;1-2H3;1H2/b11-10-,31-22-;;;;. The Morgan fingerprint density at radius 1 is 0.727 bits per heavy atom. The summed E-state index contributed by atoms with van der Waals surface area (Å²) in [7, 11) is 0. The quantitative estimate of drug-likeness (QED) is 0.0999. The number of ether oxygens (including phenoxy) is 1. The molecular weight excluding hydrogens is 536 g/mol. The van der Waals surface area contributed by atoms with Gasteiger partial charge in [0.15, 0.2) is 0 Å². The number of hydrogen-bond acceptors (Lipinski definition) is 2. The van der Waals surface area contributed by atoms with Crippen LogP contribution >= 0.6 is 0 Å². The molecule has 2 aliphatic rings. The summed E-state index contributed by atoms with van der Waals surface area (Å²) < 4.78 is 5.95. The molecule has 1 saturated carbocycles. The molecule has 2 aliphatic carbocycles. The van der Waals surface area contributed by atoms with Crippen LogP contribution in [0.4, 0.5) is 0 Å². The Morgan fingerprint density at radius 2 is 1.23 bits per heavy atom. The molecule has 0 spiro atoms. The number of hydrogen-bond donors (Lipinski definition) is 0. The number of carbonyl (C=O) groups is 1. The summed E-state index contributed by atoms with van der Waals surface area (Å²) >= 11 is 0. The molecule has 0 N–H and O–H groups in total. The van der Waals surface area contributed by atoms with Crippen molar-refractivity contribution in [2.24, 2.45) is 11.3 Å². The molecule has 0 aliphatic heterocycles. The fourth-order valence-corrected chi connectivity index (χ4v) is 6.38. The van der Waals surface area contributed by atoms with Gasteiger partial charge in [0.05, 0.1) is 0 Å². The molecule has 0 radical (unpaired) electrons. The average molecular weight is 621 g/mol. The van der Waals surface area contributed by atoms with Crippen LogP contribution in [0.25, 0.3) is 0 Å². The smallest absolute Gasteiger partial charge is 0.106 e. The molecule has 0 aromatic heterocycles. The Hall–Kier alpha value is -0.890. The van der Waals surface area contributed by atoms with E-state index in [4.69, 9.17) is 9.53 Å². The second-order valence-electron chi connectivity index (χ2n) is 13.3. The predicted octanol–water partition coefficient (Wildman–Crippen LogP) is 14.8. The van der Waals surface area contributed by atoms with E-state index >= 15 is 0 Å². The van der Waals surface area contributed by atoms with Crippen LogP contribution in [0.3, 0.4) is 0 Å². The first-order chi connectivity index (χ1) is 21.6. The molecule has 2 heteroatoms. The number of rotatable bonds is 20. The van der Waals surface area contributed by atoms with Crippen LogP contribution in [0.5, 0.6) is 0 Å². The van der Waals surface area contributed by atoms with Gasteiger partial charge in [0, 0.05) is 13.2 Å². The van der Waals surface area contributed by atoms with E-state index in [2.05, 4.69) is 59.8 Å². The van der Waals surface area contributed by atoms with E-state index in [0.717, 1.165) is 19.1 Å². The lowest BCUT2D eigenvalue weighted by atomic mass is 9.72. The van der Waals surface area contributed by atoms with Crippen molar-refractivity contribution in [1.82, 2.24) is 0 Å². The van der Waals surface area contributed by atoms with Crippen LogP contribution in [0.2, 0.25) is 0 Å². The van der Waals surface area contributed by atoms with Crippen molar-refractivity contribution >= 4 is 6.79 Å². The van der Waals surface area contributed by atoms with Crippen LogP contribution in [0.1, 0.15) is 216 Å². The zero-order chi connectivity index (χ0) is 33.6. The van der Waals surface area contributed by atoms with E-state index in [0.29, 0.717) is 5.41 Å². The van der Waals surface area contributed by atoms with Crippen LogP contribution in [0, 0.1) is 11.3 Å². The molecule has 0 amide bonds. The van der Waals surface area contributed by atoms with Gasteiger partial charge in [-0.3, -0.25) is 0 Å². The Kier molecular flexibility index (Phi) is 43.3. The SMILES string of the molecule is C=O.CC.CCC.CCC.CCCCCCCC/C=C\CCCCCCCCOCCC/C1=C/CCC2(C)CCCC2CC1. The Morgan fingerprint density at radius 3 is 1.80 bits per heavy atom. The lowest BCUT2D eigenvalue weighted by Gasteiger charge is -2.33. The third kappa shape index (κ3) is 31.1. The van der Waals surface area contributed by atoms with E-state index in [1.807, 2.05) is 20.6 Å². The second-order valence-corrected chi connectivity index (χ2v) is 13.3. The monoisotopic (exact) mass is 621 g/mol. The molecule has 2 nitrogen and oxygen atoms in total. The zero-order valence-electron chi connectivity index (χ0n) is 31.9. The van der Waals surface area contributed by atoms with Gasteiger partial charge in [-0.25, -0.2) is 0 Å². The molecule has 0 aromatic rings. The maximum absolute atomic E-state index is 8.00. The van der Waals surface area contributed by atoms with Gasteiger partial charge >= 0.3 is 0 Å². The summed E-state index contributed by atoms with van der Waals surface area (Å²) in [6, 6.07) is 0.